The van der Waals surface area contributed by atoms with Crippen molar-refractivity contribution in [2.75, 3.05) is 12.8 Å². The molecular weight excluding hydrogens is 294 g/mol. The molecule has 4 N–H and O–H groups in total. The van der Waals surface area contributed by atoms with E-state index in [-0.39, 0.29) is 22.6 Å². The lowest BCUT2D eigenvalue weighted by Gasteiger charge is -2.16. The van der Waals surface area contributed by atoms with Crippen molar-refractivity contribution in [3.8, 4) is 5.75 Å². The predicted octanol–water partition coefficient (Wildman–Crippen LogP) is 0.223. The largest absolute Gasteiger partial charge is 0.495 e. The van der Waals surface area contributed by atoms with E-state index in [1.807, 2.05) is 0 Å². The Hall–Kier alpha value is -1.80. The van der Waals surface area contributed by atoms with Crippen molar-refractivity contribution in [2.45, 2.75) is 36.7 Å². The maximum absolute atomic E-state index is 12.4. The minimum atomic E-state index is -3.90. The van der Waals surface area contributed by atoms with Gasteiger partial charge in [0.05, 0.1) is 13.2 Å². The first-order chi connectivity index (χ1) is 9.83. The molecule has 116 valence electrons. The van der Waals surface area contributed by atoms with Crippen molar-refractivity contribution in [3.05, 3.63) is 18.2 Å². The summed E-state index contributed by atoms with van der Waals surface area (Å²) < 4.78 is 32.1. The molecule has 0 spiro atoms. The van der Waals surface area contributed by atoms with Crippen LogP contribution >= 0.6 is 0 Å². The van der Waals surface area contributed by atoms with Crippen LogP contribution in [0.25, 0.3) is 0 Å². The highest BCUT2D eigenvalue weighted by atomic mass is 32.2. The monoisotopic (exact) mass is 313 g/mol. The van der Waals surface area contributed by atoms with Gasteiger partial charge in [-0.05, 0) is 38.0 Å². The van der Waals surface area contributed by atoms with Gasteiger partial charge in [0.15, 0.2) is 0 Å². The fourth-order valence-electron chi connectivity index (χ4n) is 1.81. The summed E-state index contributed by atoms with van der Waals surface area (Å²) in [4.78, 5) is 11.7. The van der Waals surface area contributed by atoms with Gasteiger partial charge < -0.3 is 15.8 Å². The SMILES string of the molecule is COc1ccc(N)cc1S(=O)(=O)NC(C)C(=O)NC1CC1. The maximum atomic E-state index is 12.4. The Labute approximate surface area is 123 Å². The van der Waals surface area contributed by atoms with Crippen molar-refractivity contribution in [2.24, 2.45) is 0 Å². The Bertz CT molecular complexity index is 641. The van der Waals surface area contributed by atoms with Crippen LogP contribution in [0, 0.1) is 0 Å². The molecule has 8 heteroatoms. The number of nitrogen functional groups attached to an aromatic ring is 1. The molecule has 1 saturated carbocycles. The van der Waals surface area contributed by atoms with Crippen LogP contribution in [0.15, 0.2) is 23.1 Å². The number of benzene rings is 1. The van der Waals surface area contributed by atoms with Gasteiger partial charge in [-0.3, -0.25) is 4.79 Å². The Morgan fingerprint density at radius 3 is 2.67 bits per heavy atom. The van der Waals surface area contributed by atoms with Gasteiger partial charge in [-0.1, -0.05) is 0 Å². The highest BCUT2D eigenvalue weighted by Crippen LogP contribution is 2.26. The first kappa shape index (κ1) is 15.6. The minimum Gasteiger partial charge on any atom is -0.495 e. The molecule has 21 heavy (non-hydrogen) atoms. The zero-order chi connectivity index (χ0) is 15.6. The lowest BCUT2D eigenvalue weighted by atomic mass is 10.3. The number of ether oxygens (including phenoxy) is 1. The van der Waals surface area contributed by atoms with Gasteiger partial charge in [-0.2, -0.15) is 4.72 Å². The molecule has 7 nitrogen and oxygen atoms in total. The summed E-state index contributed by atoms with van der Waals surface area (Å²) in [7, 11) is -2.53. The van der Waals surface area contributed by atoms with Gasteiger partial charge in [0.25, 0.3) is 0 Å². The smallest absolute Gasteiger partial charge is 0.245 e. The lowest BCUT2D eigenvalue weighted by Crippen LogP contribution is -2.45. The normalized spacial score (nSPS) is 16.3. The van der Waals surface area contributed by atoms with Crippen LogP contribution in [0.1, 0.15) is 19.8 Å². The van der Waals surface area contributed by atoms with Crippen LogP contribution in [0.5, 0.6) is 5.75 Å². The number of carbonyl (C=O) groups excluding carboxylic acids is 1. The molecule has 1 fully saturated rings. The van der Waals surface area contributed by atoms with Crippen LogP contribution < -0.4 is 20.5 Å². The quantitative estimate of drug-likeness (QED) is 0.651. The number of anilines is 1. The van der Waals surface area contributed by atoms with Crippen molar-refractivity contribution >= 4 is 21.6 Å². The van der Waals surface area contributed by atoms with E-state index in [0.29, 0.717) is 5.69 Å². The van der Waals surface area contributed by atoms with Crippen LogP contribution in [0.3, 0.4) is 0 Å². The number of sulfonamides is 1. The molecule has 0 bridgehead atoms. The molecule has 1 aromatic rings. The van der Waals surface area contributed by atoms with Crippen molar-refractivity contribution in [3.63, 3.8) is 0 Å². The molecule has 1 aliphatic carbocycles. The van der Waals surface area contributed by atoms with Gasteiger partial charge in [0.1, 0.15) is 10.6 Å². The fraction of sp³-hybridized carbons (Fsp3) is 0.462. The topological polar surface area (TPSA) is 111 Å². The number of nitrogens with two attached hydrogens (primary N) is 1. The summed E-state index contributed by atoms with van der Waals surface area (Å²) in [6, 6.07) is 3.61. The first-order valence-corrected chi connectivity index (χ1v) is 8.08. The number of carbonyl (C=O) groups is 1. The van der Waals surface area contributed by atoms with E-state index in [4.69, 9.17) is 10.5 Å². The van der Waals surface area contributed by atoms with Gasteiger partial charge in [0.2, 0.25) is 15.9 Å². The number of rotatable bonds is 6. The molecule has 1 aromatic carbocycles. The van der Waals surface area contributed by atoms with Crippen molar-refractivity contribution in [1.29, 1.82) is 0 Å². The molecule has 2 rings (SSSR count). The van der Waals surface area contributed by atoms with E-state index in [9.17, 15) is 13.2 Å². The zero-order valence-electron chi connectivity index (χ0n) is 11.9. The van der Waals surface area contributed by atoms with Crippen LogP contribution in [0.2, 0.25) is 0 Å². The second-order valence-electron chi connectivity index (χ2n) is 5.04. The summed E-state index contributed by atoms with van der Waals surface area (Å²) in [5, 5.41) is 2.75. The fourth-order valence-corrected chi connectivity index (χ4v) is 3.21. The highest BCUT2D eigenvalue weighted by Gasteiger charge is 2.29. The standard InChI is InChI=1S/C13H19N3O4S/c1-8(13(17)15-10-4-5-10)16-21(18,19)12-7-9(14)3-6-11(12)20-2/h3,6-8,10,16H,4-5,14H2,1-2H3,(H,15,17). The number of hydrogen-bond donors (Lipinski definition) is 3. The molecule has 0 saturated heterocycles. The third-order valence-electron chi connectivity index (χ3n) is 3.13. The van der Waals surface area contributed by atoms with Gasteiger partial charge in [-0.25, -0.2) is 8.42 Å². The van der Waals surface area contributed by atoms with E-state index < -0.39 is 16.1 Å². The summed E-state index contributed by atoms with van der Waals surface area (Å²) in [6.45, 7) is 1.49. The molecule has 0 heterocycles. The molecule has 0 aliphatic heterocycles. The van der Waals surface area contributed by atoms with E-state index in [1.54, 1.807) is 6.07 Å². The highest BCUT2D eigenvalue weighted by molar-refractivity contribution is 7.89. The van der Waals surface area contributed by atoms with Crippen LogP contribution in [0.4, 0.5) is 5.69 Å². The van der Waals surface area contributed by atoms with Gasteiger partial charge >= 0.3 is 0 Å². The Morgan fingerprint density at radius 1 is 1.43 bits per heavy atom. The maximum Gasteiger partial charge on any atom is 0.245 e. The Morgan fingerprint density at radius 2 is 2.10 bits per heavy atom. The molecule has 0 radical (unpaired) electrons. The summed E-state index contributed by atoms with van der Waals surface area (Å²) in [5.74, 6) is -0.171. The van der Waals surface area contributed by atoms with Crippen LogP contribution in [-0.2, 0) is 14.8 Å². The third-order valence-corrected chi connectivity index (χ3v) is 4.69. The Kier molecular flexibility index (Phi) is 4.38. The van der Waals surface area contributed by atoms with Gasteiger partial charge in [-0.15, -0.1) is 0 Å². The average molecular weight is 313 g/mol. The van der Waals surface area contributed by atoms with E-state index in [2.05, 4.69) is 10.0 Å². The second-order valence-corrected chi connectivity index (χ2v) is 6.72. The summed E-state index contributed by atoms with van der Waals surface area (Å²) >= 11 is 0. The summed E-state index contributed by atoms with van der Waals surface area (Å²) in [5.41, 5.74) is 5.91. The number of amides is 1. The molecule has 1 atom stereocenters. The molecule has 1 amide bonds. The molecule has 1 aliphatic rings. The predicted molar refractivity (Wildman–Crippen MR) is 78.4 cm³/mol. The van der Waals surface area contributed by atoms with E-state index in [0.717, 1.165) is 12.8 Å². The number of hydrogen-bond acceptors (Lipinski definition) is 5. The first-order valence-electron chi connectivity index (χ1n) is 6.59. The molecule has 1 unspecified atom stereocenters. The summed E-state index contributed by atoms with van der Waals surface area (Å²) in [6.07, 6.45) is 1.88. The third kappa shape index (κ3) is 3.85. The van der Waals surface area contributed by atoms with Crippen molar-refractivity contribution < 1.29 is 17.9 Å². The number of methoxy groups -OCH3 is 1. The van der Waals surface area contributed by atoms with Crippen molar-refractivity contribution in [1.82, 2.24) is 10.0 Å². The average Bonchev–Trinajstić information content (AvgIpc) is 3.22. The molecule has 0 aromatic heterocycles. The van der Waals surface area contributed by atoms with Gasteiger partial charge in [0, 0.05) is 11.7 Å². The Balaban J connectivity index is 2.17. The zero-order valence-corrected chi connectivity index (χ0v) is 12.7. The second kappa shape index (κ2) is 5.90. The lowest BCUT2D eigenvalue weighted by molar-refractivity contribution is -0.122. The van der Waals surface area contributed by atoms with E-state index in [1.165, 1.54) is 26.2 Å². The minimum absolute atomic E-state index is 0.0870. The van der Waals surface area contributed by atoms with E-state index >= 15 is 0 Å². The van der Waals surface area contributed by atoms with Crippen LogP contribution in [-0.4, -0.2) is 33.5 Å². The number of nitrogens with one attached hydrogen (secondary N) is 2. The molecular formula is C13H19N3O4S.